The maximum absolute atomic E-state index is 11.5. The van der Waals surface area contributed by atoms with Gasteiger partial charge in [0.1, 0.15) is 3.70 Å². The number of rotatable bonds is 4. The van der Waals surface area contributed by atoms with E-state index in [2.05, 4.69) is 38.0 Å². The van der Waals surface area contributed by atoms with Gasteiger partial charge in [-0.3, -0.25) is 0 Å². The fraction of sp³-hybridized carbons (Fsp3) is 0.636. The van der Waals surface area contributed by atoms with Crippen LogP contribution in [0.25, 0.3) is 4.96 Å². The number of nitrogens with zero attached hydrogens (tertiary/aromatic N) is 4. The lowest BCUT2D eigenvalue weighted by Gasteiger charge is -2.30. The zero-order valence-corrected chi connectivity index (χ0v) is 15.3. The molecule has 0 bridgehead atoms. The molecule has 3 rings (SSSR count). The molecule has 3 heterocycles. The fourth-order valence-electron chi connectivity index (χ4n) is 2.42. The highest BCUT2D eigenvalue weighted by molar-refractivity contribution is 14.1. The van der Waals surface area contributed by atoms with Gasteiger partial charge in [0.2, 0.25) is 20.1 Å². The molecule has 1 aliphatic heterocycles. The largest absolute Gasteiger partial charge is 0.360 e. The van der Waals surface area contributed by atoms with Gasteiger partial charge in [-0.15, -0.1) is 5.10 Å². The summed E-state index contributed by atoms with van der Waals surface area (Å²) in [6.45, 7) is 2.05. The minimum atomic E-state index is -3.04. The molecule has 0 unspecified atom stereocenters. The highest BCUT2D eigenvalue weighted by atomic mass is 127. The number of piperidine rings is 1. The Balaban J connectivity index is 1.54. The summed E-state index contributed by atoms with van der Waals surface area (Å²) in [5.74, 6) is 0.485. The molecule has 1 fully saturated rings. The highest BCUT2D eigenvalue weighted by Gasteiger charge is 2.24. The van der Waals surface area contributed by atoms with Gasteiger partial charge in [0.15, 0.2) is 0 Å². The molecule has 0 spiro atoms. The minimum absolute atomic E-state index is 0.485. The molecule has 1 aliphatic rings. The summed E-state index contributed by atoms with van der Waals surface area (Å²) in [6, 6.07) is 0. The minimum Gasteiger partial charge on any atom is -0.360 e. The summed E-state index contributed by atoms with van der Waals surface area (Å²) < 4.78 is 27.3. The number of anilines is 1. The number of imidazole rings is 1. The Hall–Kier alpha value is -0.460. The predicted molar refractivity (Wildman–Crippen MR) is 91.2 cm³/mol. The van der Waals surface area contributed by atoms with E-state index in [0.717, 1.165) is 33.2 Å². The second kappa shape index (κ2) is 5.97. The first kappa shape index (κ1) is 15.4. The normalized spacial score (nSPS) is 18.4. The van der Waals surface area contributed by atoms with E-state index in [1.165, 1.54) is 17.6 Å². The standard InChI is InChI=1S/C11H16IN5O2S2/c1-21(18,19)16-4-2-8(3-5-16)6-13-10-15-17-9(12)7-14-11(17)20-10/h7-8H,2-6H2,1H3,(H,13,15). The molecule has 1 saturated heterocycles. The molecule has 0 aliphatic carbocycles. The van der Waals surface area contributed by atoms with Crippen LogP contribution in [0.3, 0.4) is 0 Å². The van der Waals surface area contributed by atoms with Crippen molar-refractivity contribution >= 4 is 54.0 Å². The second-order valence-electron chi connectivity index (χ2n) is 5.17. The molecule has 2 aromatic heterocycles. The third kappa shape index (κ3) is 3.48. The third-order valence-electron chi connectivity index (χ3n) is 3.63. The van der Waals surface area contributed by atoms with Crippen LogP contribution in [0.2, 0.25) is 0 Å². The average molecular weight is 441 g/mol. The number of aromatic nitrogens is 3. The lowest BCUT2D eigenvalue weighted by Crippen LogP contribution is -2.39. The van der Waals surface area contributed by atoms with Crippen molar-refractivity contribution in [3.05, 3.63) is 9.90 Å². The lowest BCUT2D eigenvalue weighted by atomic mass is 9.98. The Bertz CT molecular complexity index is 733. The number of hydrogen-bond donors (Lipinski definition) is 1. The first-order valence-electron chi connectivity index (χ1n) is 6.62. The van der Waals surface area contributed by atoms with Crippen molar-refractivity contribution in [2.75, 3.05) is 31.2 Å². The Morgan fingerprint density at radius 3 is 2.81 bits per heavy atom. The first-order chi connectivity index (χ1) is 9.93. The van der Waals surface area contributed by atoms with Crippen molar-refractivity contribution < 1.29 is 8.42 Å². The molecule has 0 saturated carbocycles. The molecule has 0 atom stereocenters. The van der Waals surface area contributed by atoms with E-state index in [4.69, 9.17) is 0 Å². The Labute approximate surface area is 140 Å². The van der Waals surface area contributed by atoms with Crippen LogP contribution in [0, 0.1) is 9.62 Å². The van der Waals surface area contributed by atoms with Gasteiger partial charge in [0.25, 0.3) is 0 Å². The van der Waals surface area contributed by atoms with Crippen molar-refractivity contribution in [1.29, 1.82) is 0 Å². The predicted octanol–water partition coefficient (Wildman–Crippen LogP) is 1.48. The quantitative estimate of drug-likeness (QED) is 0.728. The van der Waals surface area contributed by atoms with E-state index < -0.39 is 10.0 Å². The zero-order valence-electron chi connectivity index (χ0n) is 11.5. The summed E-state index contributed by atoms with van der Waals surface area (Å²) in [6.07, 6.45) is 4.85. The topological polar surface area (TPSA) is 79.6 Å². The van der Waals surface area contributed by atoms with Gasteiger partial charge in [-0.1, -0.05) is 11.3 Å². The van der Waals surface area contributed by atoms with Gasteiger partial charge < -0.3 is 5.32 Å². The van der Waals surface area contributed by atoms with E-state index >= 15 is 0 Å². The summed E-state index contributed by atoms with van der Waals surface area (Å²) >= 11 is 3.73. The number of fused-ring (bicyclic) bond motifs is 1. The van der Waals surface area contributed by atoms with E-state index in [1.807, 2.05) is 4.52 Å². The van der Waals surface area contributed by atoms with Crippen molar-refractivity contribution in [3.8, 4) is 0 Å². The SMILES string of the molecule is CS(=O)(=O)N1CCC(CNc2nn3c(I)cnc3s2)CC1. The van der Waals surface area contributed by atoms with Crippen molar-refractivity contribution in [1.82, 2.24) is 18.9 Å². The van der Waals surface area contributed by atoms with Gasteiger partial charge >= 0.3 is 0 Å². The average Bonchev–Trinajstić information content (AvgIpc) is 2.98. The first-order valence-corrected chi connectivity index (χ1v) is 10.4. The third-order valence-corrected chi connectivity index (χ3v) is 6.55. The molecule has 10 heteroatoms. The van der Waals surface area contributed by atoms with Gasteiger partial charge in [-0.25, -0.2) is 17.7 Å². The fourth-order valence-corrected chi connectivity index (χ4v) is 4.71. The molecule has 21 heavy (non-hydrogen) atoms. The van der Waals surface area contributed by atoms with E-state index in [1.54, 1.807) is 10.5 Å². The second-order valence-corrected chi connectivity index (χ2v) is 9.21. The van der Waals surface area contributed by atoms with E-state index in [0.29, 0.717) is 19.0 Å². The molecular weight excluding hydrogens is 425 g/mol. The summed E-state index contributed by atoms with van der Waals surface area (Å²) in [4.78, 5) is 5.15. The lowest BCUT2D eigenvalue weighted by molar-refractivity contribution is 0.283. The van der Waals surface area contributed by atoms with Crippen LogP contribution in [0.15, 0.2) is 6.20 Å². The molecule has 0 radical (unpaired) electrons. The number of hydrogen-bond acceptors (Lipinski definition) is 6. The van der Waals surface area contributed by atoms with Crippen LogP contribution in [0.5, 0.6) is 0 Å². The molecule has 7 nitrogen and oxygen atoms in total. The number of halogens is 1. The Morgan fingerprint density at radius 2 is 2.19 bits per heavy atom. The molecule has 0 aromatic carbocycles. The Morgan fingerprint density at radius 1 is 1.48 bits per heavy atom. The van der Waals surface area contributed by atoms with Crippen LogP contribution < -0.4 is 5.32 Å². The van der Waals surface area contributed by atoms with Gasteiger partial charge in [-0.05, 0) is 41.4 Å². The van der Waals surface area contributed by atoms with Crippen molar-refractivity contribution in [2.24, 2.45) is 5.92 Å². The summed E-state index contributed by atoms with van der Waals surface area (Å²) in [5, 5.41) is 8.67. The van der Waals surface area contributed by atoms with Crippen LogP contribution in [-0.4, -0.2) is 53.2 Å². The summed E-state index contributed by atoms with van der Waals surface area (Å²) in [7, 11) is -3.04. The number of nitrogens with one attached hydrogen (secondary N) is 1. The zero-order chi connectivity index (χ0) is 15.0. The van der Waals surface area contributed by atoms with Crippen LogP contribution in [0.1, 0.15) is 12.8 Å². The van der Waals surface area contributed by atoms with Crippen LogP contribution in [0.4, 0.5) is 5.13 Å². The van der Waals surface area contributed by atoms with Crippen LogP contribution in [-0.2, 0) is 10.0 Å². The highest BCUT2D eigenvalue weighted by Crippen LogP contribution is 2.23. The smallest absolute Gasteiger partial charge is 0.214 e. The van der Waals surface area contributed by atoms with Gasteiger partial charge in [0, 0.05) is 19.6 Å². The van der Waals surface area contributed by atoms with Crippen molar-refractivity contribution in [3.63, 3.8) is 0 Å². The van der Waals surface area contributed by atoms with Crippen LogP contribution >= 0.6 is 33.9 Å². The maximum Gasteiger partial charge on any atom is 0.214 e. The maximum atomic E-state index is 11.5. The monoisotopic (exact) mass is 441 g/mol. The summed E-state index contributed by atoms with van der Waals surface area (Å²) in [5.41, 5.74) is 0. The number of sulfonamides is 1. The van der Waals surface area contributed by atoms with E-state index in [9.17, 15) is 8.42 Å². The Kier molecular flexibility index (Phi) is 4.39. The molecule has 1 N–H and O–H groups in total. The molecule has 0 amide bonds. The van der Waals surface area contributed by atoms with Gasteiger partial charge in [-0.2, -0.15) is 4.52 Å². The molecular formula is C11H16IN5O2S2. The van der Waals surface area contributed by atoms with Gasteiger partial charge in [0.05, 0.1) is 12.5 Å². The van der Waals surface area contributed by atoms with E-state index in [-0.39, 0.29) is 0 Å². The van der Waals surface area contributed by atoms with Crippen molar-refractivity contribution in [2.45, 2.75) is 12.8 Å². The molecule has 2 aromatic rings. The molecule has 116 valence electrons.